The molecule has 0 aliphatic rings. The number of primary amides is 2. The molecule has 0 atom stereocenters. The monoisotopic (exact) mass is 219 g/mol. The van der Waals surface area contributed by atoms with Crippen LogP contribution in [-0.2, 0) is 4.57 Å². The quantitative estimate of drug-likeness (QED) is 0.228. The van der Waals surface area contributed by atoms with Crippen molar-refractivity contribution in [2.75, 3.05) is 13.2 Å². The van der Waals surface area contributed by atoms with Crippen LogP contribution in [0.4, 0.5) is 4.79 Å². The third-order valence-corrected chi connectivity index (χ3v) is 0.129. The first-order valence-electron chi connectivity index (χ1n) is 2.79. The first-order chi connectivity index (χ1) is 5.65. The van der Waals surface area contributed by atoms with Crippen LogP contribution in [0.1, 0.15) is 0 Å². The molecule has 0 rings (SSSR count). The van der Waals surface area contributed by atoms with E-state index in [9.17, 15) is 0 Å². The van der Waals surface area contributed by atoms with E-state index in [1.165, 1.54) is 0 Å². The zero-order valence-corrected chi connectivity index (χ0v) is 7.59. The molecule has 9 nitrogen and oxygen atoms in total. The maximum Gasteiger partial charge on any atom is 0.466 e. The van der Waals surface area contributed by atoms with Gasteiger partial charge in [-0.15, -0.1) is 0 Å². The number of rotatable bonds is 1. The molecule has 0 heterocycles. The maximum atomic E-state index is 9.00. The van der Waals surface area contributed by atoms with Gasteiger partial charge in [0.05, 0.1) is 6.61 Å². The fourth-order valence-corrected chi connectivity index (χ4v) is 0. The highest BCUT2D eigenvalue weighted by atomic mass is 31.2. The van der Waals surface area contributed by atoms with Gasteiger partial charge in [-0.2, -0.15) is 0 Å². The number of carbonyl (C=O) groups is 1. The van der Waals surface area contributed by atoms with Gasteiger partial charge in [-0.05, 0) is 0 Å². The molecule has 10 N–H and O–H groups in total. The lowest BCUT2D eigenvalue weighted by Gasteiger charge is -1.82. The third-order valence-electron chi connectivity index (χ3n) is 0.129. The van der Waals surface area contributed by atoms with Gasteiger partial charge in [0.2, 0.25) is 0 Å². The summed E-state index contributed by atoms with van der Waals surface area (Å²) in [6, 6.07) is -0.833. The number of phosphoric acid groups is 1. The Morgan fingerprint density at radius 1 is 1.23 bits per heavy atom. The predicted molar refractivity (Wildman–Crippen MR) is 44.2 cm³/mol. The van der Waals surface area contributed by atoms with Gasteiger partial charge >= 0.3 is 13.9 Å². The zero-order valence-electron chi connectivity index (χ0n) is 6.70. The van der Waals surface area contributed by atoms with E-state index in [2.05, 4.69) is 11.5 Å². The van der Waals surface area contributed by atoms with Gasteiger partial charge in [-0.1, -0.05) is 0 Å². The Morgan fingerprint density at radius 2 is 1.31 bits per heavy atom. The minimum Gasteiger partial charge on any atom is -0.395 e. The summed E-state index contributed by atoms with van der Waals surface area (Å²) < 4.78 is 8.88. The van der Waals surface area contributed by atoms with Crippen LogP contribution < -0.4 is 17.2 Å². The highest BCUT2D eigenvalue weighted by Gasteiger charge is 2.00. The van der Waals surface area contributed by atoms with Gasteiger partial charge in [0.1, 0.15) is 0 Å². The molecule has 0 unspecified atom stereocenters. The van der Waals surface area contributed by atoms with Crippen LogP contribution in [-0.4, -0.2) is 39.0 Å². The normalized spacial score (nSPS) is 8.69. The fraction of sp³-hybridized carbons (Fsp3) is 0.667. The Kier molecular flexibility index (Phi) is 15.8. The molecule has 10 heteroatoms. The van der Waals surface area contributed by atoms with Crippen LogP contribution >= 0.6 is 7.82 Å². The second-order valence-corrected chi connectivity index (χ2v) is 2.45. The number of urea groups is 1. The van der Waals surface area contributed by atoms with Crippen molar-refractivity contribution in [2.24, 2.45) is 17.2 Å². The Hall–Kier alpha value is -0.700. The molecular weight excluding hydrogens is 205 g/mol. The van der Waals surface area contributed by atoms with Crippen LogP contribution in [0.5, 0.6) is 0 Å². The minimum absolute atomic E-state index is 0.0972. The van der Waals surface area contributed by atoms with E-state index < -0.39 is 13.9 Å². The molecular formula is C3H14N3O6P. The molecule has 0 aromatic heterocycles. The second-order valence-electron chi connectivity index (χ2n) is 1.43. The zero-order chi connectivity index (χ0) is 11.5. The van der Waals surface area contributed by atoms with E-state index in [4.69, 9.17) is 34.9 Å². The SMILES string of the molecule is NC(N)=O.NCCO.O=P(O)(O)O. The van der Waals surface area contributed by atoms with Crippen LogP contribution in [0.2, 0.25) is 0 Å². The van der Waals surface area contributed by atoms with Gasteiger partial charge in [-0.3, -0.25) is 0 Å². The van der Waals surface area contributed by atoms with E-state index in [0.717, 1.165) is 0 Å². The molecule has 0 radical (unpaired) electrons. The predicted octanol–water partition coefficient (Wildman–Crippen LogP) is -2.97. The summed E-state index contributed by atoms with van der Waals surface area (Å²) in [5.74, 6) is 0. The minimum atomic E-state index is -4.64. The smallest absolute Gasteiger partial charge is 0.395 e. The molecule has 2 amide bonds. The van der Waals surface area contributed by atoms with Crippen molar-refractivity contribution in [1.29, 1.82) is 0 Å². The van der Waals surface area contributed by atoms with Crippen LogP contribution in [0.15, 0.2) is 0 Å². The first-order valence-corrected chi connectivity index (χ1v) is 4.35. The second kappa shape index (κ2) is 11.3. The number of amides is 2. The molecule has 0 aromatic rings. The average molecular weight is 219 g/mol. The van der Waals surface area contributed by atoms with Gasteiger partial charge in [-0.25, -0.2) is 9.36 Å². The number of hydrogen-bond acceptors (Lipinski definition) is 4. The van der Waals surface area contributed by atoms with E-state index in [1.807, 2.05) is 0 Å². The van der Waals surface area contributed by atoms with E-state index in [-0.39, 0.29) is 6.61 Å². The largest absolute Gasteiger partial charge is 0.466 e. The molecule has 13 heavy (non-hydrogen) atoms. The van der Waals surface area contributed by atoms with Crippen molar-refractivity contribution in [3.05, 3.63) is 0 Å². The molecule has 0 saturated carbocycles. The summed E-state index contributed by atoms with van der Waals surface area (Å²) in [5, 5.41) is 7.75. The third kappa shape index (κ3) is 10900. The molecule has 0 aliphatic carbocycles. The number of nitrogens with two attached hydrogens (primary N) is 3. The summed E-state index contributed by atoms with van der Waals surface area (Å²) in [6.07, 6.45) is 0. The number of carbonyl (C=O) groups excluding carboxylic acids is 1. The fourth-order valence-electron chi connectivity index (χ4n) is 0. The highest BCUT2D eigenvalue weighted by Crippen LogP contribution is 2.25. The van der Waals surface area contributed by atoms with Crippen LogP contribution in [0, 0.1) is 0 Å². The first kappa shape index (κ1) is 18.2. The van der Waals surface area contributed by atoms with E-state index >= 15 is 0 Å². The van der Waals surface area contributed by atoms with Crippen molar-refractivity contribution < 1.29 is 29.1 Å². The lowest BCUT2D eigenvalue weighted by Crippen LogP contribution is -2.18. The molecule has 82 valence electrons. The topological polar surface area (TPSA) is 193 Å². The van der Waals surface area contributed by atoms with Crippen molar-refractivity contribution in [3.63, 3.8) is 0 Å². The summed E-state index contributed by atoms with van der Waals surface area (Å²) in [6.45, 7) is 0.472. The Balaban J connectivity index is -0.000000117. The molecule has 0 bridgehead atoms. The highest BCUT2D eigenvalue weighted by molar-refractivity contribution is 7.45. The Morgan fingerprint density at radius 3 is 1.31 bits per heavy atom. The molecule has 0 saturated heterocycles. The molecule has 0 fully saturated rings. The number of aliphatic hydroxyl groups is 1. The van der Waals surface area contributed by atoms with Crippen molar-refractivity contribution in [1.82, 2.24) is 0 Å². The number of aliphatic hydroxyl groups excluding tert-OH is 1. The van der Waals surface area contributed by atoms with Crippen LogP contribution in [0.3, 0.4) is 0 Å². The van der Waals surface area contributed by atoms with Crippen molar-refractivity contribution >= 4 is 13.9 Å². The van der Waals surface area contributed by atoms with Crippen molar-refractivity contribution in [3.8, 4) is 0 Å². The van der Waals surface area contributed by atoms with E-state index in [1.54, 1.807) is 0 Å². The average Bonchev–Trinajstić information content (AvgIpc) is 1.82. The standard InChI is InChI=1S/C2H7NO.CH4N2O.H3O4P/c3-1-2-4;2-1(3)4;1-5(2,3)4/h4H,1-3H2;(H4,2,3,4);(H3,1,2,3,4). The lowest BCUT2D eigenvalue weighted by atomic mass is 10.8. The maximum absolute atomic E-state index is 9.00. The molecule has 0 aliphatic heterocycles. The van der Waals surface area contributed by atoms with Gasteiger partial charge in [0, 0.05) is 6.54 Å². The summed E-state index contributed by atoms with van der Waals surface area (Å²) in [5.41, 5.74) is 13.3. The van der Waals surface area contributed by atoms with Gasteiger partial charge in [0.15, 0.2) is 0 Å². The Bertz CT molecular complexity index is 143. The molecule has 0 spiro atoms. The van der Waals surface area contributed by atoms with Gasteiger partial charge in [0.25, 0.3) is 0 Å². The summed E-state index contributed by atoms with van der Waals surface area (Å²) >= 11 is 0. The van der Waals surface area contributed by atoms with Gasteiger partial charge < -0.3 is 37.0 Å². The Labute approximate surface area is 74.4 Å². The van der Waals surface area contributed by atoms with Crippen LogP contribution in [0.25, 0.3) is 0 Å². The lowest BCUT2D eigenvalue weighted by molar-refractivity contribution is 0.256. The van der Waals surface area contributed by atoms with E-state index in [0.29, 0.717) is 6.54 Å². The summed E-state index contributed by atoms with van der Waals surface area (Å²) in [7, 11) is -4.64. The molecule has 0 aromatic carbocycles. The van der Waals surface area contributed by atoms with Crippen molar-refractivity contribution in [2.45, 2.75) is 0 Å². The number of hydrogen-bond donors (Lipinski definition) is 7. The summed E-state index contributed by atoms with van der Waals surface area (Å²) in [4.78, 5) is 30.6.